The number of nitrogens with one attached hydrogen (secondary N) is 1. The summed E-state index contributed by atoms with van der Waals surface area (Å²) in [6.45, 7) is 6.94. The zero-order valence-electron chi connectivity index (χ0n) is 8.22. The summed E-state index contributed by atoms with van der Waals surface area (Å²) in [5.74, 6) is -0.159. The molecular formula is C9H15NO3. The molecule has 1 N–H and O–H groups in total. The normalized spacial score (nSPS) is 11.6. The standard InChI is InChI=1S/C9H15NO3/c1-5-7(8(11)6(2)3)10-9(12)13-4/h7H,2,5H2,1,3-4H3,(H,10,12). The highest BCUT2D eigenvalue weighted by molar-refractivity contribution is 5.99. The van der Waals surface area contributed by atoms with Crippen LogP contribution in [0, 0.1) is 0 Å². The summed E-state index contributed by atoms with van der Waals surface area (Å²) >= 11 is 0. The Hall–Kier alpha value is -1.32. The van der Waals surface area contributed by atoms with E-state index in [4.69, 9.17) is 0 Å². The van der Waals surface area contributed by atoms with Crippen LogP contribution in [0.4, 0.5) is 4.79 Å². The first-order chi connectivity index (χ1) is 6.02. The van der Waals surface area contributed by atoms with E-state index in [0.717, 1.165) is 0 Å². The van der Waals surface area contributed by atoms with Crippen LogP contribution in [-0.2, 0) is 9.53 Å². The van der Waals surface area contributed by atoms with Crippen molar-refractivity contribution in [3.8, 4) is 0 Å². The minimum Gasteiger partial charge on any atom is -0.453 e. The molecule has 0 spiro atoms. The zero-order chi connectivity index (χ0) is 10.4. The summed E-state index contributed by atoms with van der Waals surface area (Å²) < 4.78 is 4.38. The van der Waals surface area contributed by atoms with Crippen LogP contribution in [0.15, 0.2) is 12.2 Å². The van der Waals surface area contributed by atoms with Gasteiger partial charge in [-0.1, -0.05) is 13.5 Å². The fraction of sp³-hybridized carbons (Fsp3) is 0.556. The molecule has 74 valence electrons. The Bertz CT molecular complexity index is 223. The first-order valence-electron chi connectivity index (χ1n) is 4.07. The van der Waals surface area contributed by atoms with Crippen LogP contribution in [-0.4, -0.2) is 25.0 Å². The third-order valence-electron chi connectivity index (χ3n) is 1.62. The van der Waals surface area contributed by atoms with Gasteiger partial charge in [0.1, 0.15) is 0 Å². The van der Waals surface area contributed by atoms with Crippen LogP contribution in [0.1, 0.15) is 20.3 Å². The molecule has 0 bridgehead atoms. The van der Waals surface area contributed by atoms with Gasteiger partial charge in [-0.3, -0.25) is 4.79 Å². The van der Waals surface area contributed by atoms with E-state index < -0.39 is 12.1 Å². The predicted octanol–water partition coefficient (Wildman–Crippen LogP) is 1.27. The quantitative estimate of drug-likeness (QED) is 0.671. The molecule has 1 amide bonds. The molecule has 1 unspecified atom stereocenters. The van der Waals surface area contributed by atoms with Crippen molar-refractivity contribution in [1.82, 2.24) is 5.32 Å². The molecule has 0 aliphatic rings. The van der Waals surface area contributed by atoms with Crippen LogP contribution in [0.25, 0.3) is 0 Å². The number of ketones is 1. The smallest absolute Gasteiger partial charge is 0.407 e. The fourth-order valence-electron chi connectivity index (χ4n) is 0.852. The Balaban J connectivity index is 4.26. The molecule has 0 aromatic heterocycles. The molecule has 4 heteroatoms. The Labute approximate surface area is 78.0 Å². The van der Waals surface area contributed by atoms with Crippen LogP contribution < -0.4 is 5.32 Å². The molecule has 1 atom stereocenters. The van der Waals surface area contributed by atoms with Crippen molar-refractivity contribution < 1.29 is 14.3 Å². The second-order valence-electron chi connectivity index (χ2n) is 2.74. The fourth-order valence-corrected chi connectivity index (χ4v) is 0.852. The summed E-state index contributed by atoms with van der Waals surface area (Å²) in [7, 11) is 1.26. The van der Waals surface area contributed by atoms with Crippen LogP contribution in [0.2, 0.25) is 0 Å². The van der Waals surface area contributed by atoms with Gasteiger partial charge in [-0.2, -0.15) is 0 Å². The Morgan fingerprint density at radius 1 is 1.54 bits per heavy atom. The van der Waals surface area contributed by atoms with Crippen molar-refractivity contribution in [2.24, 2.45) is 0 Å². The Morgan fingerprint density at radius 3 is 2.38 bits per heavy atom. The van der Waals surface area contributed by atoms with Crippen molar-refractivity contribution in [3.63, 3.8) is 0 Å². The number of carbonyl (C=O) groups is 2. The number of alkyl carbamates (subject to hydrolysis) is 1. The van der Waals surface area contributed by atoms with E-state index in [1.54, 1.807) is 13.8 Å². The minimum atomic E-state index is -0.596. The minimum absolute atomic E-state index is 0.159. The van der Waals surface area contributed by atoms with Crippen molar-refractivity contribution >= 4 is 11.9 Å². The molecule has 0 radical (unpaired) electrons. The molecule has 0 aliphatic carbocycles. The van der Waals surface area contributed by atoms with Gasteiger partial charge in [-0.05, 0) is 18.9 Å². The van der Waals surface area contributed by atoms with Crippen molar-refractivity contribution in [3.05, 3.63) is 12.2 Å². The van der Waals surface area contributed by atoms with E-state index >= 15 is 0 Å². The maximum Gasteiger partial charge on any atom is 0.407 e. The Kier molecular flexibility index (Phi) is 4.80. The van der Waals surface area contributed by atoms with Crippen molar-refractivity contribution in [2.45, 2.75) is 26.3 Å². The number of hydrogen-bond donors (Lipinski definition) is 1. The number of carbonyl (C=O) groups excluding carboxylic acids is 2. The maximum atomic E-state index is 11.4. The van der Waals surface area contributed by atoms with E-state index in [2.05, 4.69) is 16.6 Å². The maximum absolute atomic E-state index is 11.4. The summed E-state index contributed by atoms with van der Waals surface area (Å²) in [5.41, 5.74) is 0.434. The number of rotatable bonds is 4. The monoisotopic (exact) mass is 185 g/mol. The molecule has 0 aromatic rings. The predicted molar refractivity (Wildman–Crippen MR) is 49.4 cm³/mol. The van der Waals surface area contributed by atoms with Gasteiger partial charge in [0.2, 0.25) is 0 Å². The lowest BCUT2D eigenvalue weighted by Gasteiger charge is -2.14. The first-order valence-corrected chi connectivity index (χ1v) is 4.07. The van der Waals surface area contributed by atoms with E-state index in [1.165, 1.54) is 7.11 Å². The number of ether oxygens (including phenoxy) is 1. The average Bonchev–Trinajstić information content (AvgIpc) is 2.12. The van der Waals surface area contributed by atoms with Gasteiger partial charge >= 0.3 is 6.09 Å². The Morgan fingerprint density at radius 2 is 2.08 bits per heavy atom. The van der Waals surface area contributed by atoms with Crippen LogP contribution in [0.5, 0.6) is 0 Å². The topological polar surface area (TPSA) is 55.4 Å². The van der Waals surface area contributed by atoms with Crippen molar-refractivity contribution in [2.75, 3.05) is 7.11 Å². The molecule has 0 rings (SSSR count). The first kappa shape index (κ1) is 11.7. The van der Waals surface area contributed by atoms with Gasteiger partial charge in [-0.15, -0.1) is 0 Å². The highest BCUT2D eigenvalue weighted by Gasteiger charge is 2.18. The van der Waals surface area contributed by atoms with E-state index in [0.29, 0.717) is 12.0 Å². The average molecular weight is 185 g/mol. The van der Waals surface area contributed by atoms with Crippen LogP contribution in [0.3, 0.4) is 0 Å². The van der Waals surface area contributed by atoms with Gasteiger partial charge in [-0.25, -0.2) is 4.79 Å². The molecule has 0 saturated heterocycles. The van der Waals surface area contributed by atoms with E-state index in [-0.39, 0.29) is 5.78 Å². The largest absolute Gasteiger partial charge is 0.453 e. The molecular weight excluding hydrogens is 170 g/mol. The molecule has 0 aromatic carbocycles. The van der Waals surface area contributed by atoms with Gasteiger partial charge < -0.3 is 10.1 Å². The molecule has 0 heterocycles. The lowest BCUT2D eigenvalue weighted by molar-refractivity contribution is -0.117. The highest BCUT2D eigenvalue weighted by atomic mass is 16.5. The number of Topliss-reactive ketones (excluding diaryl/α,β-unsaturated/α-hetero) is 1. The number of amides is 1. The molecule has 0 saturated carbocycles. The second-order valence-corrected chi connectivity index (χ2v) is 2.74. The van der Waals surface area contributed by atoms with Crippen LogP contribution >= 0.6 is 0 Å². The molecule has 13 heavy (non-hydrogen) atoms. The van der Waals surface area contributed by atoms with Gasteiger partial charge in [0.05, 0.1) is 13.2 Å². The van der Waals surface area contributed by atoms with Crippen molar-refractivity contribution in [1.29, 1.82) is 0 Å². The molecule has 0 fully saturated rings. The third-order valence-corrected chi connectivity index (χ3v) is 1.62. The lowest BCUT2D eigenvalue weighted by atomic mass is 10.1. The number of hydrogen-bond acceptors (Lipinski definition) is 3. The molecule has 0 aliphatic heterocycles. The summed E-state index contributed by atoms with van der Waals surface area (Å²) in [5, 5.41) is 2.43. The second kappa shape index (κ2) is 5.35. The summed E-state index contributed by atoms with van der Waals surface area (Å²) in [6, 6.07) is -0.523. The number of methoxy groups -OCH3 is 1. The summed E-state index contributed by atoms with van der Waals surface area (Å²) in [4.78, 5) is 22.1. The highest BCUT2D eigenvalue weighted by Crippen LogP contribution is 2.00. The third kappa shape index (κ3) is 3.73. The summed E-state index contributed by atoms with van der Waals surface area (Å²) in [6.07, 6.45) is -0.0673. The van der Waals surface area contributed by atoms with Gasteiger partial charge in [0.15, 0.2) is 5.78 Å². The van der Waals surface area contributed by atoms with E-state index in [1.807, 2.05) is 0 Å². The molecule has 4 nitrogen and oxygen atoms in total. The van der Waals surface area contributed by atoms with Gasteiger partial charge in [0, 0.05) is 0 Å². The van der Waals surface area contributed by atoms with Gasteiger partial charge in [0.25, 0.3) is 0 Å². The van der Waals surface area contributed by atoms with E-state index in [9.17, 15) is 9.59 Å². The SMILES string of the molecule is C=C(C)C(=O)C(CC)NC(=O)OC. The lowest BCUT2D eigenvalue weighted by Crippen LogP contribution is -2.40. The zero-order valence-corrected chi connectivity index (χ0v) is 8.22.